The molecule has 1 aliphatic rings. The van der Waals surface area contributed by atoms with Gasteiger partial charge in [0.1, 0.15) is 11.6 Å². The van der Waals surface area contributed by atoms with E-state index in [-0.39, 0.29) is 17.6 Å². The lowest BCUT2D eigenvalue weighted by Gasteiger charge is -2.31. The Morgan fingerprint density at radius 2 is 1.74 bits per heavy atom. The molecule has 0 saturated carbocycles. The summed E-state index contributed by atoms with van der Waals surface area (Å²) in [6.07, 6.45) is 1.51. The van der Waals surface area contributed by atoms with Crippen molar-refractivity contribution in [2.75, 3.05) is 18.4 Å². The highest BCUT2D eigenvalue weighted by molar-refractivity contribution is 6.42. The Morgan fingerprint density at radius 3 is 2.47 bits per heavy atom. The standard InChI is InChI=1S/C26H23Cl2FN4O/c27-21-10-7-19(15-22(21)28)30-26(34)17-11-13-32(14-12-17)16-25-31-23-3-1-2-4-24(23)33(25)20-8-5-18(29)6-9-20/h1-10,15,17H,11-14,16H2,(H,30,34). The number of nitrogens with one attached hydrogen (secondary N) is 1. The van der Waals surface area contributed by atoms with Crippen LogP contribution in [0.1, 0.15) is 18.7 Å². The van der Waals surface area contributed by atoms with Gasteiger partial charge in [0.25, 0.3) is 0 Å². The third-order valence-corrected chi connectivity index (χ3v) is 6.96. The molecule has 34 heavy (non-hydrogen) atoms. The first-order chi connectivity index (χ1) is 16.5. The van der Waals surface area contributed by atoms with E-state index >= 15 is 0 Å². The molecular weight excluding hydrogens is 474 g/mol. The van der Waals surface area contributed by atoms with Gasteiger partial charge in [0.05, 0.1) is 27.6 Å². The zero-order valence-electron chi connectivity index (χ0n) is 18.3. The first-order valence-corrected chi connectivity index (χ1v) is 11.9. The summed E-state index contributed by atoms with van der Waals surface area (Å²) in [5, 5.41) is 3.82. The van der Waals surface area contributed by atoms with E-state index in [0.717, 1.165) is 48.5 Å². The molecule has 5 nitrogen and oxygen atoms in total. The number of rotatable bonds is 5. The van der Waals surface area contributed by atoms with E-state index in [2.05, 4.69) is 14.8 Å². The summed E-state index contributed by atoms with van der Waals surface area (Å²) < 4.78 is 15.6. The number of anilines is 1. The molecule has 2 heterocycles. The molecule has 1 aliphatic heterocycles. The van der Waals surface area contributed by atoms with Gasteiger partial charge in [-0.15, -0.1) is 0 Å². The third-order valence-electron chi connectivity index (χ3n) is 6.23. The van der Waals surface area contributed by atoms with Gasteiger partial charge in [0, 0.05) is 17.3 Å². The lowest BCUT2D eigenvalue weighted by molar-refractivity contribution is -0.121. The zero-order chi connectivity index (χ0) is 23.7. The first kappa shape index (κ1) is 22.8. The van der Waals surface area contributed by atoms with Crippen molar-refractivity contribution in [3.8, 4) is 5.69 Å². The fraction of sp³-hybridized carbons (Fsp3) is 0.231. The van der Waals surface area contributed by atoms with Crippen LogP contribution >= 0.6 is 23.2 Å². The number of carbonyl (C=O) groups is 1. The van der Waals surface area contributed by atoms with Crippen LogP contribution in [0.3, 0.4) is 0 Å². The number of benzene rings is 3. The van der Waals surface area contributed by atoms with Gasteiger partial charge in [-0.1, -0.05) is 35.3 Å². The van der Waals surface area contributed by atoms with Crippen LogP contribution in [0.15, 0.2) is 66.7 Å². The first-order valence-electron chi connectivity index (χ1n) is 11.2. The molecule has 1 fully saturated rings. The Bertz CT molecular complexity index is 1330. The molecule has 3 aromatic carbocycles. The van der Waals surface area contributed by atoms with Crippen LogP contribution in [0.25, 0.3) is 16.7 Å². The summed E-state index contributed by atoms with van der Waals surface area (Å²) in [5.41, 5.74) is 3.41. The highest BCUT2D eigenvalue weighted by Crippen LogP contribution is 2.28. The second-order valence-electron chi connectivity index (χ2n) is 8.50. The van der Waals surface area contributed by atoms with E-state index < -0.39 is 0 Å². The van der Waals surface area contributed by atoms with Crippen LogP contribution in [-0.2, 0) is 11.3 Å². The number of aromatic nitrogens is 2. The predicted octanol–water partition coefficient (Wildman–Crippen LogP) is 6.32. The third kappa shape index (κ3) is 4.80. The van der Waals surface area contributed by atoms with Crippen molar-refractivity contribution in [1.29, 1.82) is 0 Å². The highest BCUT2D eigenvalue weighted by Gasteiger charge is 2.26. The van der Waals surface area contributed by atoms with Crippen LogP contribution in [0.4, 0.5) is 10.1 Å². The van der Waals surface area contributed by atoms with Crippen LogP contribution < -0.4 is 5.32 Å². The Kier molecular flexibility index (Phi) is 6.55. The molecule has 1 saturated heterocycles. The van der Waals surface area contributed by atoms with Gasteiger partial charge in [-0.25, -0.2) is 9.37 Å². The van der Waals surface area contributed by atoms with E-state index in [1.807, 2.05) is 24.3 Å². The largest absolute Gasteiger partial charge is 0.326 e. The van der Waals surface area contributed by atoms with Gasteiger partial charge in [0.2, 0.25) is 5.91 Å². The molecule has 1 amide bonds. The number of hydrogen-bond acceptors (Lipinski definition) is 3. The number of piperidine rings is 1. The number of amides is 1. The monoisotopic (exact) mass is 496 g/mol. The number of nitrogens with zero attached hydrogens (tertiary/aromatic N) is 3. The average Bonchev–Trinajstić information content (AvgIpc) is 3.20. The average molecular weight is 497 g/mol. The second kappa shape index (κ2) is 9.74. The minimum atomic E-state index is -0.268. The van der Waals surface area contributed by atoms with Crippen molar-refractivity contribution in [2.24, 2.45) is 5.92 Å². The van der Waals surface area contributed by atoms with Gasteiger partial charge < -0.3 is 5.32 Å². The summed E-state index contributed by atoms with van der Waals surface area (Å²) in [7, 11) is 0. The predicted molar refractivity (Wildman–Crippen MR) is 134 cm³/mol. The number of hydrogen-bond donors (Lipinski definition) is 1. The number of fused-ring (bicyclic) bond motifs is 1. The highest BCUT2D eigenvalue weighted by atomic mass is 35.5. The van der Waals surface area contributed by atoms with E-state index in [1.165, 1.54) is 12.1 Å². The van der Waals surface area contributed by atoms with Gasteiger partial charge in [-0.05, 0) is 80.5 Å². The van der Waals surface area contributed by atoms with E-state index in [0.29, 0.717) is 22.3 Å². The van der Waals surface area contributed by atoms with Crippen molar-refractivity contribution in [1.82, 2.24) is 14.5 Å². The fourth-order valence-electron chi connectivity index (χ4n) is 4.43. The minimum absolute atomic E-state index is 0.00316. The van der Waals surface area contributed by atoms with E-state index in [4.69, 9.17) is 28.2 Å². The van der Waals surface area contributed by atoms with E-state index in [1.54, 1.807) is 30.3 Å². The number of carbonyl (C=O) groups excluding carboxylic acids is 1. The maximum absolute atomic E-state index is 13.5. The Hall–Kier alpha value is -2.93. The summed E-state index contributed by atoms with van der Waals surface area (Å²) in [5.74, 6) is 0.556. The topological polar surface area (TPSA) is 50.2 Å². The fourth-order valence-corrected chi connectivity index (χ4v) is 4.73. The molecule has 0 radical (unpaired) electrons. The van der Waals surface area contributed by atoms with Crippen molar-refractivity contribution < 1.29 is 9.18 Å². The van der Waals surface area contributed by atoms with E-state index in [9.17, 15) is 9.18 Å². The number of halogens is 3. The number of para-hydroxylation sites is 2. The molecule has 0 aliphatic carbocycles. The van der Waals surface area contributed by atoms with Gasteiger partial charge in [-0.2, -0.15) is 0 Å². The SMILES string of the molecule is O=C(Nc1ccc(Cl)c(Cl)c1)C1CCN(Cc2nc3ccccc3n2-c2ccc(F)cc2)CC1. The van der Waals surface area contributed by atoms with Crippen molar-refractivity contribution in [2.45, 2.75) is 19.4 Å². The van der Waals surface area contributed by atoms with Gasteiger partial charge >= 0.3 is 0 Å². The molecule has 174 valence electrons. The minimum Gasteiger partial charge on any atom is -0.326 e. The van der Waals surface area contributed by atoms with Crippen LogP contribution in [0, 0.1) is 11.7 Å². The van der Waals surface area contributed by atoms with Crippen molar-refractivity contribution in [3.05, 3.63) is 88.4 Å². The number of likely N-dealkylation sites (tertiary alicyclic amines) is 1. The maximum atomic E-state index is 13.5. The van der Waals surface area contributed by atoms with Crippen LogP contribution in [0.5, 0.6) is 0 Å². The smallest absolute Gasteiger partial charge is 0.227 e. The molecule has 0 atom stereocenters. The van der Waals surface area contributed by atoms with Crippen LogP contribution in [-0.4, -0.2) is 33.4 Å². The van der Waals surface area contributed by atoms with Crippen LogP contribution in [0.2, 0.25) is 10.0 Å². The molecule has 1 aromatic heterocycles. The summed E-state index contributed by atoms with van der Waals surface area (Å²) >= 11 is 12.0. The molecule has 8 heteroatoms. The molecular formula is C26H23Cl2FN4O. The lowest BCUT2D eigenvalue weighted by atomic mass is 9.96. The van der Waals surface area contributed by atoms with Gasteiger partial charge in [0.15, 0.2) is 0 Å². The van der Waals surface area contributed by atoms with Crippen molar-refractivity contribution in [3.63, 3.8) is 0 Å². The zero-order valence-corrected chi connectivity index (χ0v) is 19.9. The van der Waals surface area contributed by atoms with Crippen molar-refractivity contribution >= 4 is 45.8 Å². The molecule has 0 spiro atoms. The Morgan fingerprint density at radius 1 is 1.00 bits per heavy atom. The molecule has 4 aromatic rings. The quantitative estimate of drug-likeness (QED) is 0.351. The molecule has 5 rings (SSSR count). The second-order valence-corrected chi connectivity index (χ2v) is 9.31. The Balaban J connectivity index is 1.28. The normalized spacial score (nSPS) is 15.0. The lowest BCUT2D eigenvalue weighted by Crippen LogP contribution is -2.38. The summed E-state index contributed by atoms with van der Waals surface area (Å²) in [6.45, 7) is 2.21. The van der Waals surface area contributed by atoms with Gasteiger partial charge in [-0.3, -0.25) is 14.3 Å². The molecule has 0 bridgehead atoms. The summed E-state index contributed by atoms with van der Waals surface area (Å²) in [4.78, 5) is 19.9. The maximum Gasteiger partial charge on any atom is 0.227 e. The Labute approximate surface area is 207 Å². The number of imidazole rings is 1. The summed E-state index contributed by atoms with van der Waals surface area (Å²) in [6, 6.07) is 19.5. The molecule has 1 N–H and O–H groups in total. The molecule has 0 unspecified atom stereocenters.